The molecule has 0 unspecified atom stereocenters. The molecule has 1 amide bonds. The Labute approximate surface area is 251 Å². The number of carbonyl (C=O) groups is 1. The van der Waals surface area contributed by atoms with Gasteiger partial charge >= 0.3 is 0 Å². The molecule has 3 aliphatic rings. The third kappa shape index (κ3) is 6.97. The first kappa shape index (κ1) is 30.1. The Morgan fingerprint density at radius 2 is 1.71 bits per heavy atom. The molecule has 0 radical (unpaired) electrons. The van der Waals surface area contributed by atoms with Crippen LogP contribution in [0.25, 0.3) is 11.1 Å². The molecule has 2 aromatic rings. The highest BCUT2D eigenvalue weighted by molar-refractivity contribution is 5.99. The molecule has 224 valence electrons. The van der Waals surface area contributed by atoms with Crippen molar-refractivity contribution in [2.24, 2.45) is 0 Å². The number of dihydropyridines is 1. The molecule has 5 rings (SSSR count). The fourth-order valence-corrected chi connectivity index (χ4v) is 6.35. The summed E-state index contributed by atoms with van der Waals surface area (Å²) >= 11 is 0. The van der Waals surface area contributed by atoms with Crippen molar-refractivity contribution < 1.29 is 14.3 Å². The molecular weight excluding hydrogens is 524 g/mol. The zero-order chi connectivity index (χ0) is 29.6. The fourth-order valence-electron chi connectivity index (χ4n) is 6.35. The van der Waals surface area contributed by atoms with Gasteiger partial charge in [0.2, 0.25) is 0 Å². The topological polar surface area (TPSA) is 66.1 Å². The molecule has 0 spiro atoms. The summed E-state index contributed by atoms with van der Waals surface area (Å²) < 4.78 is 11.2. The number of benzene rings is 2. The monoisotopic (exact) mass is 570 g/mol. The summed E-state index contributed by atoms with van der Waals surface area (Å²) in [5.74, 6) is -0.0676. The van der Waals surface area contributed by atoms with E-state index in [2.05, 4.69) is 90.3 Å². The van der Waals surface area contributed by atoms with Crippen molar-refractivity contribution in [3.05, 3.63) is 88.3 Å². The van der Waals surface area contributed by atoms with E-state index in [1.165, 1.54) is 5.56 Å². The average molecular weight is 571 g/mol. The summed E-state index contributed by atoms with van der Waals surface area (Å²) in [7, 11) is 0. The summed E-state index contributed by atoms with van der Waals surface area (Å²) in [4.78, 5) is 18.7. The van der Waals surface area contributed by atoms with Crippen LogP contribution in [0.15, 0.2) is 71.6 Å². The number of carbonyl (C=O) groups excluding carboxylic acids is 1. The Balaban J connectivity index is 1.45. The first-order valence-corrected chi connectivity index (χ1v) is 15.3. The third-order valence-corrected chi connectivity index (χ3v) is 8.75. The van der Waals surface area contributed by atoms with Gasteiger partial charge in [0.25, 0.3) is 5.91 Å². The van der Waals surface area contributed by atoms with Crippen molar-refractivity contribution in [3.8, 4) is 11.1 Å². The summed E-state index contributed by atoms with van der Waals surface area (Å²) in [6.45, 7) is 19.9. The normalized spacial score (nSPS) is 18.5. The molecule has 2 aromatic carbocycles. The highest BCUT2D eigenvalue weighted by Crippen LogP contribution is 2.34. The van der Waals surface area contributed by atoms with E-state index in [9.17, 15) is 4.79 Å². The second kappa shape index (κ2) is 13.7. The largest absolute Gasteiger partial charge is 0.381 e. The zero-order valence-electron chi connectivity index (χ0n) is 25.7. The first-order valence-electron chi connectivity index (χ1n) is 15.3. The number of amides is 1. The van der Waals surface area contributed by atoms with Gasteiger partial charge in [-0.2, -0.15) is 0 Å². The van der Waals surface area contributed by atoms with Gasteiger partial charge in [-0.05, 0) is 92.1 Å². The first-order chi connectivity index (χ1) is 20.3. The van der Waals surface area contributed by atoms with Crippen molar-refractivity contribution in [2.45, 2.75) is 53.1 Å². The number of hydrogen-bond donors (Lipinski definition) is 2. The van der Waals surface area contributed by atoms with Gasteiger partial charge in [0.05, 0.1) is 13.2 Å². The predicted octanol–water partition coefficient (Wildman–Crippen LogP) is 5.57. The van der Waals surface area contributed by atoms with Crippen LogP contribution in [0.4, 0.5) is 5.69 Å². The molecule has 2 fully saturated rings. The maximum atomic E-state index is 13.8. The number of nitrogens with zero attached hydrogens (tertiary/aromatic N) is 2. The van der Waals surface area contributed by atoms with E-state index in [1.807, 2.05) is 6.92 Å². The summed E-state index contributed by atoms with van der Waals surface area (Å²) in [5, 5.41) is 6.50. The van der Waals surface area contributed by atoms with Crippen LogP contribution in [-0.4, -0.2) is 69.5 Å². The number of anilines is 1. The molecule has 7 nitrogen and oxygen atoms in total. The maximum absolute atomic E-state index is 13.8. The maximum Gasteiger partial charge on any atom is 0.251 e. The summed E-state index contributed by atoms with van der Waals surface area (Å²) in [6, 6.07) is 13.5. The number of ether oxygens (including phenoxy) is 2. The second-order valence-corrected chi connectivity index (χ2v) is 11.7. The van der Waals surface area contributed by atoms with Gasteiger partial charge in [0, 0.05) is 74.6 Å². The third-order valence-electron chi connectivity index (χ3n) is 8.75. The van der Waals surface area contributed by atoms with E-state index in [-0.39, 0.29) is 5.91 Å². The molecule has 7 heteroatoms. The molecule has 0 bridgehead atoms. The summed E-state index contributed by atoms with van der Waals surface area (Å²) in [6.07, 6.45) is 4.07. The van der Waals surface area contributed by atoms with E-state index in [0.717, 1.165) is 110 Å². The van der Waals surface area contributed by atoms with Crippen LogP contribution in [0.1, 0.15) is 55.1 Å². The van der Waals surface area contributed by atoms with Gasteiger partial charge in [-0.25, -0.2) is 0 Å². The molecule has 0 aliphatic carbocycles. The average Bonchev–Trinajstić information content (AvgIpc) is 2.99. The molecule has 0 atom stereocenters. The molecule has 2 N–H and O–H groups in total. The van der Waals surface area contributed by atoms with Crippen molar-refractivity contribution in [3.63, 3.8) is 0 Å². The number of morpholine rings is 1. The van der Waals surface area contributed by atoms with Gasteiger partial charge in [-0.15, -0.1) is 0 Å². The predicted molar refractivity (Wildman–Crippen MR) is 171 cm³/mol. The van der Waals surface area contributed by atoms with Gasteiger partial charge < -0.3 is 25.0 Å². The zero-order valence-corrected chi connectivity index (χ0v) is 25.7. The molecular formula is C35H46N4O3. The van der Waals surface area contributed by atoms with Crippen LogP contribution in [-0.2, 0) is 16.0 Å². The highest BCUT2D eigenvalue weighted by atomic mass is 16.5. The Hall–Kier alpha value is -3.39. The molecule has 3 aliphatic heterocycles. The number of allylic oxidation sites excluding steroid dienone is 3. The molecule has 0 saturated carbocycles. The lowest BCUT2D eigenvalue weighted by Gasteiger charge is -2.37. The van der Waals surface area contributed by atoms with Crippen LogP contribution < -0.4 is 15.5 Å². The van der Waals surface area contributed by atoms with Crippen molar-refractivity contribution in [2.75, 3.05) is 57.5 Å². The SMILES string of the molecule is C=C1NC(C)=CC(C)=C1CNC(=O)c1cc(-c2ccc(CN3CCOCC3)cc2)cc(N(CC)C2CCOCC2)c1C. The van der Waals surface area contributed by atoms with Gasteiger partial charge in [0.1, 0.15) is 0 Å². The van der Waals surface area contributed by atoms with E-state index in [0.29, 0.717) is 18.2 Å². The second-order valence-electron chi connectivity index (χ2n) is 11.7. The van der Waals surface area contributed by atoms with Crippen LogP contribution in [0.5, 0.6) is 0 Å². The number of hydrogen-bond acceptors (Lipinski definition) is 6. The van der Waals surface area contributed by atoms with Gasteiger partial charge in [-0.1, -0.05) is 30.8 Å². The quantitative estimate of drug-likeness (QED) is 0.411. The Kier molecular flexibility index (Phi) is 9.83. The van der Waals surface area contributed by atoms with Crippen LogP contribution in [0.3, 0.4) is 0 Å². The van der Waals surface area contributed by atoms with E-state index < -0.39 is 0 Å². The van der Waals surface area contributed by atoms with Crippen LogP contribution >= 0.6 is 0 Å². The summed E-state index contributed by atoms with van der Waals surface area (Å²) in [5.41, 5.74) is 10.4. The Morgan fingerprint density at radius 3 is 2.38 bits per heavy atom. The molecule has 2 saturated heterocycles. The van der Waals surface area contributed by atoms with Crippen LogP contribution in [0, 0.1) is 6.92 Å². The van der Waals surface area contributed by atoms with E-state index >= 15 is 0 Å². The Bertz CT molecular complexity index is 1350. The molecule has 42 heavy (non-hydrogen) atoms. The van der Waals surface area contributed by atoms with Crippen LogP contribution in [0.2, 0.25) is 0 Å². The Morgan fingerprint density at radius 1 is 1.02 bits per heavy atom. The molecule has 3 heterocycles. The van der Waals surface area contributed by atoms with E-state index in [1.54, 1.807) is 0 Å². The van der Waals surface area contributed by atoms with E-state index in [4.69, 9.17) is 9.47 Å². The minimum absolute atomic E-state index is 0.0676. The lowest BCUT2D eigenvalue weighted by Crippen LogP contribution is -2.40. The molecule has 0 aromatic heterocycles. The highest BCUT2D eigenvalue weighted by Gasteiger charge is 2.25. The van der Waals surface area contributed by atoms with Gasteiger partial charge in [0.15, 0.2) is 0 Å². The van der Waals surface area contributed by atoms with Crippen molar-refractivity contribution in [1.29, 1.82) is 0 Å². The fraction of sp³-hybridized carbons (Fsp3) is 0.457. The lowest BCUT2D eigenvalue weighted by atomic mass is 9.94. The lowest BCUT2D eigenvalue weighted by molar-refractivity contribution is 0.0342. The van der Waals surface area contributed by atoms with Gasteiger partial charge in [-0.3, -0.25) is 9.69 Å². The minimum Gasteiger partial charge on any atom is -0.381 e. The minimum atomic E-state index is -0.0676. The van der Waals surface area contributed by atoms with Crippen molar-refractivity contribution >= 4 is 11.6 Å². The number of nitrogens with one attached hydrogen (secondary N) is 2. The standard InChI is InChI=1S/C35H46N4O3/c1-6-39(31-11-15-41-16-12-31)34-21-30(29-9-7-28(8-10-29)23-38-13-17-42-18-14-38)20-32(26(34)4)35(40)36-22-33-24(2)19-25(3)37-27(33)5/h7-10,19-21,31,37H,5-6,11-18,22-23H2,1-4H3,(H,36,40). The smallest absolute Gasteiger partial charge is 0.251 e. The number of rotatable bonds is 9. The van der Waals surface area contributed by atoms with Crippen molar-refractivity contribution in [1.82, 2.24) is 15.5 Å².